The molecule has 1 aromatic heterocycles. The fourth-order valence-electron chi connectivity index (χ4n) is 1.65. The zero-order valence-electron chi connectivity index (χ0n) is 9.76. The Bertz CT molecular complexity index is 582. The highest BCUT2D eigenvalue weighted by Gasteiger charge is 2.07. The second-order valence-corrected chi connectivity index (χ2v) is 4.63. The van der Waals surface area contributed by atoms with Crippen molar-refractivity contribution in [2.24, 2.45) is 5.73 Å². The molecule has 1 aromatic carbocycles. The first-order valence-electron chi connectivity index (χ1n) is 5.25. The Labute approximate surface area is 115 Å². The van der Waals surface area contributed by atoms with Gasteiger partial charge in [0.2, 0.25) is 0 Å². The molecule has 0 spiro atoms. The van der Waals surface area contributed by atoms with E-state index in [1.54, 1.807) is 24.2 Å². The average molecular weight is 282 g/mol. The standard InChI is InChI=1S/C12H12ClN3OS/c1-17-11-4-8(2-3-10(11)12(14)18)6-16-7-9(13)5-15-16/h2-5,7H,6H2,1H3,(H2,14,18). The van der Waals surface area contributed by atoms with Gasteiger partial charge in [-0.1, -0.05) is 29.9 Å². The number of ether oxygens (including phenoxy) is 1. The van der Waals surface area contributed by atoms with Crippen molar-refractivity contribution in [3.8, 4) is 5.75 Å². The van der Waals surface area contributed by atoms with Crippen LogP contribution in [-0.2, 0) is 6.54 Å². The summed E-state index contributed by atoms with van der Waals surface area (Å²) in [6.07, 6.45) is 3.36. The molecule has 2 aromatic rings. The largest absolute Gasteiger partial charge is 0.496 e. The molecule has 94 valence electrons. The summed E-state index contributed by atoms with van der Waals surface area (Å²) in [5, 5.41) is 4.73. The smallest absolute Gasteiger partial charge is 0.129 e. The average Bonchev–Trinajstić information content (AvgIpc) is 2.74. The van der Waals surface area contributed by atoms with Crippen LogP contribution in [0.3, 0.4) is 0 Å². The van der Waals surface area contributed by atoms with Crippen LogP contribution in [0.4, 0.5) is 0 Å². The molecule has 18 heavy (non-hydrogen) atoms. The van der Waals surface area contributed by atoms with Crippen LogP contribution in [0.25, 0.3) is 0 Å². The molecule has 0 unspecified atom stereocenters. The minimum Gasteiger partial charge on any atom is -0.496 e. The maximum atomic E-state index is 5.81. The van der Waals surface area contributed by atoms with Gasteiger partial charge in [0.05, 0.1) is 30.4 Å². The number of hydrogen-bond acceptors (Lipinski definition) is 3. The molecule has 0 radical (unpaired) electrons. The van der Waals surface area contributed by atoms with Gasteiger partial charge in [-0.05, 0) is 17.7 Å². The molecule has 2 N–H and O–H groups in total. The van der Waals surface area contributed by atoms with E-state index in [9.17, 15) is 0 Å². The number of rotatable bonds is 4. The van der Waals surface area contributed by atoms with Crippen molar-refractivity contribution >= 4 is 28.8 Å². The Morgan fingerprint density at radius 3 is 2.89 bits per heavy atom. The van der Waals surface area contributed by atoms with Crippen molar-refractivity contribution in [3.63, 3.8) is 0 Å². The lowest BCUT2D eigenvalue weighted by Gasteiger charge is -2.09. The Balaban J connectivity index is 2.27. The van der Waals surface area contributed by atoms with Gasteiger partial charge in [0.25, 0.3) is 0 Å². The molecular weight excluding hydrogens is 270 g/mol. The second kappa shape index (κ2) is 5.37. The monoisotopic (exact) mass is 281 g/mol. The predicted octanol–water partition coefficient (Wildman–Crippen LogP) is 2.23. The van der Waals surface area contributed by atoms with Crippen LogP contribution in [0.2, 0.25) is 5.02 Å². The van der Waals surface area contributed by atoms with Crippen LogP contribution in [0.5, 0.6) is 5.75 Å². The summed E-state index contributed by atoms with van der Waals surface area (Å²) in [7, 11) is 1.59. The van der Waals surface area contributed by atoms with Crippen molar-refractivity contribution in [2.45, 2.75) is 6.54 Å². The summed E-state index contributed by atoms with van der Waals surface area (Å²) in [5.74, 6) is 0.665. The maximum Gasteiger partial charge on any atom is 0.129 e. The highest BCUT2D eigenvalue weighted by atomic mass is 35.5. The molecule has 0 saturated heterocycles. The van der Waals surface area contributed by atoms with Crippen LogP contribution in [0, 0.1) is 0 Å². The Kier molecular flexibility index (Phi) is 3.84. The van der Waals surface area contributed by atoms with Gasteiger partial charge < -0.3 is 10.5 Å². The number of hydrogen-bond donors (Lipinski definition) is 1. The zero-order chi connectivity index (χ0) is 13.1. The minimum atomic E-state index is 0.320. The fourth-order valence-corrected chi connectivity index (χ4v) is 1.97. The van der Waals surface area contributed by atoms with E-state index in [1.807, 2.05) is 18.2 Å². The molecule has 0 aliphatic carbocycles. The van der Waals surface area contributed by atoms with E-state index >= 15 is 0 Å². The normalized spacial score (nSPS) is 10.3. The first-order chi connectivity index (χ1) is 8.60. The Hall–Kier alpha value is -1.59. The van der Waals surface area contributed by atoms with Gasteiger partial charge in [0.15, 0.2) is 0 Å². The summed E-state index contributed by atoms with van der Waals surface area (Å²) >= 11 is 10.8. The number of methoxy groups -OCH3 is 1. The molecule has 0 aliphatic rings. The molecule has 0 aliphatic heterocycles. The van der Waals surface area contributed by atoms with E-state index in [0.29, 0.717) is 22.3 Å². The topological polar surface area (TPSA) is 53.1 Å². The van der Waals surface area contributed by atoms with Crippen molar-refractivity contribution in [3.05, 3.63) is 46.7 Å². The lowest BCUT2D eigenvalue weighted by molar-refractivity contribution is 0.413. The van der Waals surface area contributed by atoms with E-state index < -0.39 is 0 Å². The molecule has 0 bridgehead atoms. The van der Waals surface area contributed by atoms with Crippen molar-refractivity contribution < 1.29 is 4.74 Å². The van der Waals surface area contributed by atoms with Crippen molar-refractivity contribution in [2.75, 3.05) is 7.11 Å². The maximum absolute atomic E-state index is 5.81. The van der Waals surface area contributed by atoms with Crippen LogP contribution in [-0.4, -0.2) is 21.9 Å². The summed E-state index contributed by atoms with van der Waals surface area (Å²) in [6.45, 7) is 0.612. The quantitative estimate of drug-likeness (QED) is 0.873. The van der Waals surface area contributed by atoms with Gasteiger partial charge in [-0.15, -0.1) is 0 Å². The third-order valence-corrected chi connectivity index (χ3v) is 2.89. The number of nitrogens with zero attached hydrogens (tertiary/aromatic N) is 2. The molecular formula is C12H12ClN3OS. The van der Waals surface area contributed by atoms with Crippen molar-refractivity contribution in [1.29, 1.82) is 0 Å². The van der Waals surface area contributed by atoms with Gasteiger partial charge >= 0.3 is 0 Å². The van der Waals surface area contributed by atoms with Gasteiger partial charge in [-0.25, -0.2) is 0 Å². The Morgan fingerprint density at radius 2 is 2.33 bits per heavy atom. The van der Waals surface area contributed by atoms with Crippen LogP contribution < -0.4 is 10.5 Å². The van der Waals surface area contributed by atoms with E-state index in [1.165, 1.54) is 0 Å². The minimum absolute atomic E-state index is 0.320. The van der Waals surface area contributed by atoms with Gasteiger partial charge in [0, 0.05) is 6.20 Å². The van der Waals surface area contributed by atoms with E-state index in [0.717, 1.165) is 11.1 Å². The third kappa shape index (κ3) is 2.80. The summed E-state index contributed by atoms with van der Waals surface area (Å²) in [6, 6.07) is 5.68. The molecule has 1 heterocycles. The molecule has 0 atom stereocenters. The number of aromatic nitrogens is 2. The lowest BCUT2D eigenvalue weighted by Crippen LogP contribution is -2.11. The van der Waals surface area contributed by atoms with Crippen LogP contribution >= 0.6 is 23.8 Å². The molecule has 2 rings (SSSR count). The third-order valence-electron chi connectivity index (χ3n) is 2.48. The van der Waals surface area contributed by atoms with Gasteiger partial charge in [-0.2, -0.15) is 5.10 Å². The van der Waals surface area contributed by atoms with E-state index in [2.05, 4.69) is 5.10 Å². The molecule has 0 amide bonds. The zero-order valence-corrected chi connectivity index (χ0v) is 11.3. The lowest BCUT2D eigenvalue weighted by atomic mass is 10.1. The van der Waals surface area contributed by atoms with Crippen molar-refractivity contribution in [1.82, 2.24) is 9.78 Å². The van der Waals surface area contributed by atoms with Gasteiger partial charge in [0.1, 0.15) is 10.7 Å². The summed E-state index contributed by atoms with van der Waals surface area (Å²) in [5.41, 5.74) is 7.38. The van der Waals surface area contributed by atoms with E-state index in [-0.39, 0.29) is 0 Å². The first-order valence-corrected chi connectivity index (χ1v) is 6.03. The van der Waals surface area contributed by atoms with Crippen LogP contribution in [0.15, 0.2) is 30.6 Å². The summed E-state index contributed by atoms with van der Waals surface area (Å²) in [4.78, 5) is 0.320. The molecule has 6 heteroatoms. The van der Waals surface area contributed by atoms with Crippen LogP contribution in [0.1, 0.15) is 11.1 Å². The SMILES string of the molecule is COc1cc(Cn2cc(Cl)cn2)ccc1C(N)=S. The second-order valence-electron chi connectivity index (χ2n) is 3.76. The summed E-state index contributed by atoms with van der Waals surface area (Å²) < 4.78 is 7.01. The predicted molar refractivity (Wildman–Crippen MR) is 75.2 cm³/mol. The first kappa shape index (κ1) is 12.9. The molecule has 0 fully saturated rings. The highest BCUT2D eigenvalue weighted by molar-refractivity contribution is 7.80. The fraction of sp³-hybridized carbons (Fsp3) is 0.167. The molecule has 0 saturated carbocycles. The molecule has 4 nitrogen and oxygen atoms in total. The number of benzene rings is 1. The number of halogens is 1. The number of nitrogens with two attached hydrogens (primary N) is 1. The Morgan fingerprint density at radius 1 is 1.56 bits per heavy atom. The highest BCUT2D eigenvalue weighted by Crippen LogP contribution is 2.21. The van der Waals surface area contributed by atoms with E-state index in [4.69, 9.17) is 34.3 Å². The van der Waals surface area contributed by atoms with Gasteiger partial charge in [-0.3, -0.25) is 4.68 Å². The number of thiocarbonyl (C=S) groups is 1.